The van der Waals surface area contributed by atoms with Gasteiger partial charge in [-0.25, -0.2) is 4.79 Å². The first-order valence-electron chi connectivity index (χ1n) is 8.74. The molecule has 146 valence electrons. The number of furan rings is 1. The Bertz CT molecular complexity index is 924. The van der Waals surface area contributed by atoms with Gasteiger partial charge in [0.1, 0.15) is 11.6 Å². The van der Waals surface area contributed by atoms with Gasteiger partial charge in [-0.1, -0.05) is 42.1 Å². The third kappa shape index (κ3) is 5.01. The van der Waals surface area contributed by atoms with Crippen LogP contribution in [0.5, 0.6) is 0 Å². The van der Waals surface area contributed by atoms with E-state index in [1.54, 1.807) is 13.2 Å². The number of imide groups is 1. The van der Waals surface area contributed by atoms with E-state index < -0.39 is 17.2 Å². The smallest absolute Gasteiger partial charge is 0.321 e. The first-order chi connectivity index (χ1) is 13.6. The highest BCUT2D eigenvalue weighted by Crippen LogP contribution is 2.24. The zero-order valence-electron chi connectivity index (χ0n) is 15.6. The zero-order chi connectivity index (χ0) is 19.9. The van der Waals surface area contributed by atoms with Crippen molar-refractivity contribution < 1.29 is 14.0 Å². The molecule has 0 aliphatic rings. The van der Waals surface area contributed by atoms with Gasteiger partial charge in [0, 0.05) is 13.5 Å². The van der Waals surface area contributed by atoms with E-state index in [4.69, 9.17) is 4.42 Å². The summed E-state index contributed by atoms with van der Waals surface area (Å²) in [7, 11) is 1.45. The number of hydrogen-bond acceptors (Lipinski definition) is 6. The molecule has 3 amide bonds. The average molecular weight is 399 g/mol. The average Bonchev–Trinajstić information content (AvgIpc) is 3.34. The van der Waals surface area contributed by atoms with Crippen molar-refractivity contribution in [3.8, 4) is 0 Å². The number of nitrogens with one attached hydrogen (secondary N) is 2. The number of nitrogens with zero attached hydrogens (tertiary/aromatic N) is 3. The summed E-state index contributed by atoms with van der Waals surface area (Å²) in [5.74, 6) is 1.13. The third-order valence-corrected chi connectivity index (χ3v) is 5.09. The normalized spacial score (nSPS) is 11.8. The lowest BCUT2D eigenvalue weighted by Gasteiger charge is -2.12. The van der Waals surface area contributed by atoms with E-state index in [0.29, 0.717) is 18.1 Å². The minimum atomic E-state index is -0.542. The van der Waals surface area contributed by atoms with Crippen LogP contribution in [0.4, 0.5) is 4.79 Å². The molecule has 0 aliphatic heterocycles. The van der Waals surface area contributed by atoms with E-state index >= 15 is 0 Å². The SMILES string of the molecule is CNC(=O)NC(=O)C(C)Sc1nnc(Cc2ccccc2)n1Cc1ccco1. The Morgan fingerprint density at radius 2 is 1.96 bits per heavy atom. The van der Waals surface area contributed by atoms with Crippen molar-refractivity contribution >= 4 is 23.7 Å². The van der Waals surface area contributed by atoms with Crippen LogP contribution in [-0.2, 0) is 17.8 Å². The molecule has 3 rings (SSSR count). The van der Waals surface area contributed by atoms with Crippen molar-refractivity contribution in [2.75, 3.05) is 7.05 Å². The number of hydrogen-bond donors (Lipinski definition) is 2. The second kappa shape index (κ2) is 9.23. The van der Waals surface area contributed by atoms with Gasteiger partial charge in [-0.2, -0.15) is 0 Å². The second-order valence-corrected chi connectivity index (χ2v) is 7.36. The summed E-state index contributed by atoms with van der Waals surface area (Å²) in [5.41, 5.74) is 1.11. The maximum absolute atomic E-state index is 12.2. The van der Waals surface area contributed by atoms with Crippen LogP contribution < -0.4 is 10.6 Å². The molecule has 2 N–H and O–H groups in total. The Hall–Kier alpha value is -3.07. The highest BCUT2D eigenvalue weighted by atomic mass is 32.2. The van der Waals surface area contributed by atoms with Gasteiger partial charge in [0.15, 0.2) is 5.16 Å². The number of urea groups is 1. The fourth-order valence-electron chi connectivity index (χ4n) is 2.52. The molecule has 0 aliphatic carbocycles. The van der Waals surface area contributed by atoms with Crippen LogP contribution in [-0.4, -0.2) is 39.0 Å². The van der Waals surface area contributed by atoms with Crippen LogP contribution in [0.1, 0.15) is 24.1 Å². The maximum Gasteiger partial charge on any atom is 0.321 e. The van der Waals surface area contributed by atoms with Crippen LogP contribution in [0.2, 0.25) is 0 Å². The molecule has 2 heterocycles. The first-order valence-corrected chi connectivity index (χ1v) is 9.62. The predicted molar refractivity (Wildman–Crippen MR) is 105 cm³/mol. The largest absolute Gasteiger partial charge is 0.467 e. The van der Waals surface area contributed by atoms with Crippen molar-refractivity contribution in [3.05, 3.63) is 65.9 Å². The van der Waals surface area contributed by atoms with Crippen LogP contribution in [0.25, 0.3) is 0 Å². The molecule has 0 radical (unpaired) electrons. The summed E-state index contributed by atoms with van der Waals surface area (Å²) in [4.78, 5) is 23.5. The van der Waals surface area contributed by atoms with E-state index in [2.05, 4.69) is 20.8 Å². The van der Waals surface area contributed by atoms with Crippen molar-refractivity contribution in [2.24, 2.45) is 0 Å². The minimum Gasteiger partial charge on any atom is -0.467 e. The third-order valence-electron chi connectivity index (χ3n) is 4.01. The van der Waals surface area contributed by atoms with Gasteiger partial charge in [0.05, 0.1) is 18.1 Å². The number of carbonyl (C=O) groups is 2. The molecule has 2 aromatic heterocycles. The minimum absolute atomic E-state index is 0.401. The standard InChI is InChI=1S/C19H21N5O3S/c1-13(17(25)21-18(26)20-2)28-19-23-22-16(11-14-7-4-3-5-8-14)24(19)12-15-9-6-10-27-15/h3-10,13H,11-12H2,1-2H3,(H2,20,21,25,26). The van der Waals surface area contributed by atoms with Crippen LogP contribution in [0.15, 0.2) is 58.3 Å². The van der Waals surface area contributed by atoms with Crippen molar-refractivity contribution in [3.63, 3.8) is 0 Å². The van der Waals surface area contributed by atoms with E-state index in [9.17, 15) is 9.59 Å². The molecule has 0 fully saturated rings. The lowest BCUT2D eigenvalue weighted by atomic mass is 10.1. The molecule has 0 saturated heterocycles. The molecule has 1 atom stereocenters. The summed E-state index contributed by atoms with van der Waals surface area (Å²) in [5, 5.41) is 13.3. The Morgan fingerprint density at radius 1 is 1.18 bits per heavy atom. The Labute approximate surface area is 166 Å². The highest BCUT2D eigenvalue weighted by Gasteiger charge is 2.22. The Morgan fingerprint density at radius 3 is 2.64 bits per heavy atom. The summed E-state index contributed by atoms with van der Waals surface area (Å²) in [6.45, 7) is 2.17. The molecule has 3 aromatic rings. The molecule has 28 heavy (non-hydrogen) atoms. The molecule has 9 heteroatoms. The number of carbonyl (C=O) groups excluding carboxylic acids is 2. The fourth-order valence-corrected chi connectivity index (χ4v) is 3.39. The van der Waals surface area contributed by atoms with E-state index in [-0.39, 0.29) is 0 Å². The molecular weight excluding hydrogens is 378 g/mol. The topological polar surface area (TPSA) is 102 Å². The van der Waals surface area contributed by atoms with Gasteiger partial charge in [0.2, 0.25) is 5.91 Å². The summed E-state index contributed by atoms with van der Waals surface area (Å²) in [6.07, 6.45) is 2.22. The quantitative estimate of drug-likeness (QED) is 0.592. The maximum atomic E-state index is 12.2. The molecular formula is C19H21N5O3S. The van der Waals surface area contributed by atoms with Gasteiger partial charge in [-0.3, -0.25) is 14.7 Å². The summed E-state index contributed by atoms with van der Waals surface area (Å²) < 4.78 is 7.40. The highest BCUT2D eigenvalue weighted by molar-refractivity contribution is 8.00. The van der Waals surface area contributed by atoms with Gasteiger partial charge in [-0.05, 0) is 24.6 Å². The summed E-state index contributed by atoms with van der Waals surface area (Å²) >= 11 is 1.24. The molecule has 0 saturated carbocycles. The van der Waals surface area contributed by atoms with Crippen LogP contribution >= 0.6 is 11.8 Å². The van der Waals surface area contributed by atoms with Crippen LogP contribution in [0.3, 0.4) is 0 Å². The van der Waals surface area contributed by atoms with Crippen molar-refractivity contribution in [1.82, 2.24) is 25.4 Å². The number of thioether (sulfide) groups is 1. The number of amides is 3. The molecule has 8 nitrogen and oxygen atoms in total. The van der Waals surface area contributed by atoms with E-state index in [1.165, 1.54) is 18.8 Å². The van der Waals surface area contributed by atoms with E-state index in [1.807, 2.05) is 47.0 Å². The van der Waals surface area contributed by atoms with Crippen molar-refractivity contribution in [2.45, 2.75) is 30.3 Å². The van der Waals surface area contributed by atoms with E-state index in [0.717, 1.165) is 17.1 Å². The molecule has 1 aromatic carbocycles. The number of rotatable bonds is 7. The van der Waals surface area contributed by atoms with Gasteiger partial charge in [0.25, 0.3) is 0 Å². The monoisotopic (exact) mass is 399 g/mol. The van der Waals surface area contributed by atoms with Gasteiger partial charge >= 0.3 is 6.03 Å². The Kier molecular flexibility index (Phi) is 6.49. The van der Waals surface area contributed by atoms with Crippen molar-refractivity contribution in [1.29, 1.82) is 0 Å². The Balaban J connectivity index is 1.81. The first kappa shape index (κ1) is 19.7. The molecule has 1 unspecified atom stereocenters. The zero-order valence-corrected chi connectivity index (χ0v) is 16.4. The summed E-state index contributed by atoms with van der Waals surface area (Å²) in [6, 6.07) is 13.1. The number of benzene rings is 1. The second-order valence-electron chi connectivity index (χ2n) is 6.06. The van der Waals surface area contributed by atoms with Gasteiger partial charge in [-0.15, -0.1) is 10.2 Å². The van der Waals surface area contributed by atoms with Gasteiger partial charge < -0.3 is 9.73 Å². The fraction of sp³-hybridized carbons (Fsp3) is 0.263. The lowest BCUT2D eigenvalue weighted by Crippen LogP contribution is -2.41. The molecule has 0 spiro atoms. The predicted octanol–water partition coefficient (Wildman–Crippen LogP) is 2.45. The lowest BCUT2D eigenvalue weighted by molar-refractivity contribution is -0.119. The number of aromatic nitrogens is 3. The molecule has 0 bridgehead atoms. The van der Waals surface area contributed by atoms with Crippen LogP contribution in [0, 0.1) is 0 Å².